The van der Waals surface area contributed by atoms with Crippen LogP contribution in [0.4, 0.5) is 15.8 Å². The molecule has 4 N–H and O–H groups in total. The Labute approximate surface area is 119 Å². The van der Waals surface area contributed by atoms with E-state index in [2.05, 4.69) is 15.1 Å². The van der Waals surface area contributed by atoms with Crippen LogP contribution in [0.25, 0.3) is 0 Å². The lowest BCUT2D eigenvalue weighted by molar-refractivity contribution is 0.598. The van der Waals surface area contributed by atoms with Gasteiger partial charge in [-0.05, 0) is 24.3 Å². The van der Waals surface area contributed by atoms with E-state index in [-0.39, 0.29) is 21.3 Å². The summed E-state index contributed by atoms with van der Waals surface area (Å²) in [6.45, 7) is 0. The van der Waals surface area contributed by atoms with Crippen molar-refractivity contribution >= 4 is 33.0 Å². The second kappa shape index (κ2) is 5.61. The third-order valence-corrected chi connectivity index (χ3v) is 4.03. The van der Waals surface area contributed by atoms with E-state index >= 15 is 0 Å². The number of hydrazine groups is 1. The third kappa shape index (κ3) is 2.98. The summed E-state index contributed by atoms with van der Waals surface area (Å²) in [5.41, 5.74) is 2.11. The van der Waals surface area contributed by atoms with Crippen LogP contribution in [0.1, 0.15) is 0 Å². The molecule has 0 saturated heterocycles. The normalized spacial score (nSPS) is 11.2. The van der Waals surface area contributed by atoms with Crippen LogP contribution in [-0.2, 0) is 10.0 Å². The Balaban J connectivity index is 2.43. The van der Waals surface area contributed by atoms with Gasteiger partial charge in [-0.25, -0.2) is 12.8 Å². The number of rotatable bonds is 4. The minimum Gasteiger partial charge on any atom is -0.323 e. The van der Waals surface area contributed by atoms with Gasteiger partial charge in [0.15, 0.2) is 0 Å². The van der Waals surface area contributed by atoms with Crippen LogP contribution >= 0.6 is 11.6 Å². The second-order valence-corrected chi connectivity index (χ2v) is 5.83. The number of nitrogen functional groups attached to an aromatic ring is 1. The van der Waals surface area contributed by atoms with Gasteiger partial charge in [0.25, 0.3) is 10.0 Å². The average Bonchev–Trinajstić information content (AvgIpc) is 2.42. The molecule has 0 aliphatic rings. The fraction of sp³-hybridized carbons (Fsp3) is 0. The predicted octanol–water partition coefficient (Wildman–Crippen LogP) is 1.96. The maximum absolute atomic E-state index is 13.6. The highest BCUT2D eigenvalue weighted by molar-refractivity contribution is 7.92. The molecule has 9 heteroatoms. The van der Waals surface area contributed by atoms with E-state index in [0.29, 0.717) is 0 Å². The fourth-order valence-electron chi connectivity index (χ4n) is 1.49. The molecule has 1 heterocycles. The van der Waals surface area contributed by atoms with Crippen LogP contribution in [0.5, 0.6) is 0 Å². The van der Waals surface area contributed by atoms with Crippen molar-refractivity contribution in [3.05, 3.63) is 47.5 Å². The zero-order valence-corrected chi connectivity index (χ0v) is 11.5. The van der Waals surface area contributed by atoms with E-state index < -0.39 is 15.8 Å². The van der Waals surface area contributed by atoms with Gasteiger partial charge in [0.1, 0.15) is 10.7 Å². The van der Waals surface area contributed by atoms with E-state index in [9.17, 15) is 12.8 Å². The Hall–Kier alpha value is -1.90. The quantitative estimate of drug-likeness (QED) is 0.592. The SMILES string of the molecule is NNc1ccncc1S(=O)(=O)Nc1cc(Cl)ccc1F. The van der Waals surface area contributed by atoms with Gasteiger partial charge in [-0.15, -0.1) is 0 Å². The van der Waals surface area contributed by atoms with Crippen molar-refractivity contribution in [2.24, 2.45) is 5.84 Å². The van der Waals surface area contributed by atoms with Crippen LogP contribution in [0.3, 0.4) is 0 Å². The number of anilines is 2. The summed E-state index contributed by atoms with van der Waals surface area (Å²) >= 11 is 5.70. The molecular weight excluding hydrogens is 307 g/mol. The zero-order chi connectivity index (χ0) is 14.8. The summed E-state index contributed by atoms with van der Waals surface area (Å²) in [4.78, 5) is 3.50. The zero-order valence-electron chi connectivity index (χ0n) is 9.97. The second-order valence-electron chi connectivity index (χ2n) is 3.75. The maximum atomic E-state index is 13.6. The van der Waals surface area contributed by atoms with Crippen molar-refractivity contribution in [2.45, 2.75) is 4.90 Å². The number of pyridine rings is 1. The minimum atomic E-state index is -4.05. The molecule has 0 unspecified atom stereocenters. The molecule has 0 bridgehead atoms. The minimum absolute atomic E-state index is 0.134. The summed E-state index contributed by atoms with van der Waals surface area (Å²) in [6.07, 6.45) is 2.47. The van der Waals surface area contributed by atoms with Crippen molar-refractivity contribution in [3.63, 3.8) is 0 Å². The van der Waals surface area contributed by atoms with E-state index in [1.54, 1.807) is 0 Å². The summed E-state index contributed by atoms with van der Waals surface area (Å²) in [6, 6.07) is 4.92. The predicted molar refractivity (Wildman–Crippen MR) is 74.3 cm³/mol. The molecule has 0 saturated carbocycles. The van der Waals surface area contributed by atoms with Crippen LogP contribution < -0.4 is 16.0 Å². The van der Waals surface area contributed by atoms with Gasteiger partial charge >= 0.3 is 0 Å². The molecule has 20 heavy (non-hydrogen) atoms. The molecule has 0 fully saturated rings. The van der Waals surface area contributed by atoms with E-state index in [0.717, 1.165) is 12.3 Å². The van der Waals surface area contributed by atoms with Crippen LogP contribution in [0.2, 0.25) is 5.02 Å². The number of nitrogens with zero attached hydrogens (tertiary/aromatic N) is 1. The van der Waals surface area contributed by atoms with E-state index in [1.165, 1.54) is 24.4 Å². The molecular formula is C11H10ClFN4O2S. The first-order chi connectivity index (χ1) is 9.44. The summed E-state index contributed by atoms with van der Waals surface area (Å²) < 4.78 is 40.0. The third-order valence-electron chi connectivity index (χ3n) is 2.40. The van der Waals surface area contributed by atoms with Crippen LogP contribution in [0.15, 0.2) is 41.6 Å². The average molecular weight is 317 g/mol. The monoisotopic (exact) mass is 316 g/mol. The first kappa shape index (κ1) is 14.5. The molecule has 2 aromatic rings. The molecule has 2 rings (SSSR count). The van der Waals surface area contributed by atoms with Gasteiger partial charge in [0.05, 0.1) is 11.4 Å². The first-order valence-electron chi connectivity index (χ1n) is 5.32. The Morgan fingerprint density at radius 1 is 1.25 bits per heavy atom. The smallest absolute Gasteiger partial charge is 0.265 e. The number of nitrogens with two attached hydrogens (primary N) is 1. The number of benzene rings is 1. The topological polar surface area (TPSA) is 97.1 Å². The highest BCUT2D eigenvalue weighted by atomic mass is 35.5. The van der Waals surface area contributed by atoms with Crippen molar-refractivity contribution in [2.75, 3.05) is 10.1 Å². The van der Waals surface area contributed by atoms with Crippen molar-refractivity contribution < 1.29 is 12.8 Å². The summed E-state index contributed by atoms with van der Waals surface area (Å²) in [7, 11) is -4.05. The highest BCUT2D eigenvalue weighted by Crippen LogP contribution is 2.25. The molecule has 0 atom stereocenters. The van der Waals surface area contributed by atoms with E-state index in [4.69, 9.17) is 17.4 Å². The number of halogens is 2. The Kier molecular flexibility index (Phi) is 4.07. The number of sulfonamides is 1. The Morgan fingerprint density at radius 2 is 2.00 bits per heavy atom. The Morgan fingerprint density at radius 3 is 2.70 bits per heavy atom. The molecule has 6 nitrogen and oxygen atoms in total. The van der Waals surface area contributed by atoms with Crippen LogP contribution in [-0.4, -0.2) is 13.4 Å². The van der Waals surface area contributed by atoms with Gasteiger partial charge in [0, 0.05) is 17.4 Å². The van der Waals surface area contributed by atoms with Crippen LogP contribution in [0, 0.1) is 5.82 Å². The molecule has 106 valence electrons. The van der Waals surface area contributed by atoms with Crippen molar-refractivity contribution in [3.8, 4) is 0 Å². The van der Waals surface area contributed by atoms with Gasteiger partial charge in [-0.3, -0.25) is 15.5 Å². The molecule has 0 spiro atoms. The Bertz CT molecular complexity index is 739. The molecule has 0 radical (unpaired) electrons. The molecule has 1 aromatic heterocycles. The summed E-state index contributed by atoms with van der Waals surface area (Å²) in [5.74, 6) is 4.48. The number of hydrogen-bond acceptors (Lipinski definition) is 5. The van der Waals surface area contributed by atoms with Gasteiger partial charge in [0.2, 0.25) is 0 Å². The first-order valence-corrected chi connectivity index (χ1v) is 7.18. The molecule has 1 aromatic carbocycles. The van der Waals surface area contributed by atoms with Crippen molar-refractivity contribution in [1.82, 2.24) is 4.98 Å². The summed E-state index contributed by atoms with van der Waals surface area (Å²) in [5, 5.41) is 0.201. The number of hydrogen-bond donors (Lipinski definition) is 3. The van der Waals surface area contributed by atoms with E-state index in [1.807, 2.05) is 0 Å². The molecule has 0 aliphatic carbocycles. The lowest BCUT2D eigenvalue weighted by Gasteiger charge is -2.12. The number of nitrogens with one attached hydrogen (secondary N) is 2. The number of aromatic nitrogens is 1. The lowest BCUT2D eigenvalue weighted by Crippen LogP contribution is -2.18. The largest absolute Gasteiger partial charge is 0.323 e. The standard InChI is InChI=1S/C11H10ClFN4O2S/c12-7-1-2-8(13)10(5-7)17-20(18,19)11-6-15-4-3-9(11)16-14/h1-6,17H,14H2,(H,15,16). The maximum Gasteiger partial charge on any atom is 0.265 e. The highest BCUT2D eigenvalue weighted by Gasteiger charge is 2.20. The lowest BCUT2D eigenvalue weighted by atomic mass is 10.3. The van der Waals surface area contributed by atoms with Gasteiger partial charge in [-0.2, -0.15) is 0 Å². The molecule has 0 aliphatic heterocycles. The van der Waals surface area contributed by atoms with Gasteiger partial charge < -0.3 is 5.43 Å². The van der Waals surface area contributed by atoms with Crippen molar-refractivity contribution in [1.29, 1.82) is 0 Å². The van der Waals surface area contributed by atoms with Gasteiger partial charge in [-0.1, -0.05) is 11.6 Å². The fourth-order valence-corrected chi connectivity index (χ4v) is 2.83. The molecule has 0 amide bonds.